The van der Waals surface area contributed by atoms with Crippen molar-refractivity contribution in [3.05, 3.63) is 48.6 Å². The summed E-state index contributed by atoms with van der Waals surface area (Å²) in [4.78, 5) is 11.3. The predicted molar refractivity (Wildman–Crippen MR) is 89.6 cm³/mol. The molecule has 2 aromatic rings. The molecule has 2 aliphatic carbocycles. The van der Waals surface area contributed by atoms with Crippen molar-refractivity contribution in [3.63, 3.8) is 0 Å². The molecule has 0 saturated heterocycles. The molecule has 4 rings (SSSR count). The third-order valence-electron chi connectivity index (χ3n) is 4.97. The standard InChI is InChI=1S/C20H20O3/c1-13(21)23-20-9-8-19(17-4-2-3-5-18(17)20)22-12-16-11-14-6-7-15(16)10-14/h2-9,14-16H,10-12H2,1H3. The van der Waals surface area contributed by atoms with Gasteiger partial charge in [-0.2, -0.15) is 0 Å². The van der Waals surface area contributed by atoms with Gasteiger partial charge in [0.25, 0.3) is 0 Å². The highest BCUT2D eigenvalue weighted by Crippen LogP contribution is 2.44. The van der Waals surface area contributed by atoms with Gasteiger partial charge in [-0.25, -0.2) is 0 Å². The van der Waals surface area contributed by atoms with Gasteiger partial charge in [-0.05, 0) is 42.7 Å². The molecule has 118 valence electrons. The average Bonchev–Trinajstić information content (AvgIpc) is 3.16. The first-order chi connectivity index (χ1) is 11.2. The van der Waals surface area contributed by atoms with Gasteiger partial charge in [0.05, 0.1) is 6.61 Å². The van der Waals surface area contributed by atoms with Crippen LogP contribution >= 0.6 is 0 Å². The second-order valence-electron chi connectivity index (χ2n) is 6.55. The number of benzene rings is 2. The SMILES string of the molecule is CC(=O)Oc1ccc(OCC2CC3C=CC2C3)c2ccccc12. The summed E-state index contributed by atoms with van der Waals surface area (Å²) in [5, 5.41) is 1.90. The Kier molecular flexibility index (Phi) is 3.56. The van der Waals surface area contributed by atoms with Crippen LogP contribution in [0.3, 0.4) is 0 Å². The Morgan fingerprint density at radius 1 is 1.04 bits per heavy atom. The highest BCUT2D eigenvalue weighted by molar-refractivity contribution is 5.94. The zero-order valence-electron chi connectivity index (χ0n) is 13.2. The number of hydrogen-bond acceptors (Lipinski definition) is 3. The van der Waals surface area contributed by atoms with E-state index >= 15 is 0 Å². The van der Waals surface area contributed by atoms with Crippen LogP contribution in [0.25, 0.3) is 10.8 Å². The number of hydrogen-bond donors (Lipinski definition) is 0. The molecule has 0 amide bonds. The Balaban J connectivity index is 1.58. The summed E-state index contributed by atoms with van der Waals surface area (Å²) in [5.74, 6) is 3.21. The van der Waals surface area contributed by atoms with Crippen molar-refractivity contribution in [2.75, 3.05) is 6.61 Å². The summed E-state index contributed by atoms with van der Waals surface area (Å²) >= 11 is 0. The first-order valence-corrected chi connectivity index (χ1v) is 8.22. The van der Waals surface area contributed by atoms with Gasteiger partial charge in [-0.3, -0.25) is 4.79 Å². The first-order valence-electron chi connectivity index (χ1n) is 8.22. The van der Waals surface area contributed by atoms with Crippen molar-refractivity contribution in [1.82, 2.24) is 0 Å². The fourth-order valence-electron chi connectivity index (χ4n) is 3.90. The third kappa shape index (κ3) is 2.72. The Morgan fingerprint density at radius 3 is 2.43 bits per heavy atom. The third-order valence-corrected chi connectivity index (χ3v) is 4.97. The fourth-order valence-corrected chi connectivity index (χ4v) is 3.90. The van der Waals surface area contributed by atoms with Crippen LogP contribution in [0.15, 0.2) is 48.6 Å². The second-order valence-corrected chi connectivity index (χ2v) is 6.55. The van der Waals surface area contributed by atoms with Crippen molar-refractivity contribution in [1.29, 1.82) is 0 Å². The fraction of sp³-hybridized carbons (Fsp3) is 0.350. The average molecular weight is 308 g/mol. The van der Waals surface area contributed by atoms with Gasteiger partial charge < -0.3 is 9.47 Å². The normalized spacial score (nSPS) is 25.0. The minimum atomic E-state index is -0.308. The lowest BCUT2D eigenvalue weighted by molar-refractivity contribution is -0.131. The van der Waals surface area contributed by atoms with Crippen molar-refractivity contribution in [3.8, 4) is 11.5 Å². The lowest BCUT2D eigenvalue weighted by Crippen LogP contribution is -2.16. The molecule has 0 spiro atoms. The monoisotopic (exact) mass is 308 g/mol. The zero-order chi connectivity index (χ0) is 15.8. The Morgan fingerprint density at radius 2 is 1.78 bits per heavy atom. The van der Waals surface area contributed by atoms with Gasteiger partial charge in [0, 0.05) is 17.7 Å². The first kappa shape index (κ1) is 14.3. The van der Waals surface area contributed by atoms with E-state index in [0.717, 1.165) is 29.0 Å². The Labute approximate surface area is 135 Å². The molecule has 0 aromatic heterocycles. The molecule has 0 heterocycles. The Bertz CT molecular complexity index is 778. The second kappa shape index (κ2) is 5.73. The molecule has 2 aromatic carbocycles. The van der Waals surface area contributed by atoms with Gasteiger partial charge in [0.1, 0.15) is 11.5 Å². The van der Waals surface area contributed by atoms with E-state index in [1.807, 2.05) is 36.4 Å². The Hall–Kier alpha value is -2.29. The lowest BCUT2D eigenvalue weighted by atomic mass is 9.94. The maximum Gasteiger partial charge on any atom is 0.308 e. The van der Waals surface area contributed by atoms with Gasteiger partial charge in [-0.1, -0.05) is 36.4 Å². The molecule has 3 unspecified atom stereocenters. The number of ether oxygens (including phenoxy) is 2. The van der Waals surface area contributed by atoms with Gasteiger partial charge in [-0.15, -0.1) is 0 Å². The van der Waals surface area contributed by atoms with E-state index in [0.29, 0.717) is 17.6 Å². The number of esters is 1. The van der Waals surface area contributed by atoms with Crippen LogP contribution in [0.4, 0.5) is 0 Å². The van der Waals surface area contributed by atoms with Crippen molar-refractivity contribution in [2.24, 2.45) is 17.8 Å². The smallest absolute Gasteiger partial charge is 0.308 e. The number of carbonyl (C=O) groups is 1. The number of fused-ring (bicyclic) bond motifs is 3. The molecule has 0 aliphatic heterocycles. The molecular weight excluding hydrogens is 288 g/mol. The van der Waals surface area contributed by atoms with Crippen molar-refractivity contribution in [2.45, 2.75) is 19.8 Å². The van der Waals surface area contributed by atoms with Crippen LogP contribution in [-0.2, 0) is 4.79 Å². The van der Waals surface area contributed by atoms with E-state index in [1.54, 1.807) is 0 Å². The molecule has 3 atom stereocenters. The van der Waals surface area contributed by atoms with Crippen LogP contribution in [0.5, 0.6) is 11.5 Å². The largest absolute Gasteiger partial charge is 0.493 e. The van der Waals surface area contributed by atoms with E-state index in [1.165, 1.54) is 19.8 Å². The van der Waals surface area contributed by atoms with Crippen LogP contribution in [0.2, 0.25) is 0 Å². The summed E-state index contributed by atoms with van der Waals surface area (Å²) < 4.78 is 11.4. The van der Waals surface area contributed by atoms with Gasteiger partial charge in [0.2, 0.25) is 0 Å². The molecule has 0 radical (unpaired) electrons. The molecule has 0 N–H and O–H groups in total. The molecule has 1 fully saturated rings. The summed E-state index contributed by atoms with van der Waals surface area (Å²) in [6.07, 6.45) is 7.24. The van der Waals surface area contributed by atoms with Crippen LogP contribution < -0.4 is 9.47 Å². The highest BCUT2D eigenvalue weighted by atomic mass is 16.5. The van der Waals surface area contributed by atoms with Gasteiger partial charge >= 0.3 is 5.97 Å². The van der Waals surface area contributed by atoms with Gasteiger partial charge in [0.15, 0.2) is 0 Å². The summed E-state index contributed by atoms with van der Waals surface area (Å²) in [6.45, 7) is 2.17. The summed E-state index contributed by atoms with van der Waals surface area (Å²) in [7, 11) is 0. The molecule has 3 heteroatoms. The molecule has 3 nitrogen and oxygen atoms in total. The topological polar surface area (TPSA) is 35.5 Å². The summed E-state index contributed by atoms with van der Waals surface area (Å²) in [5.41, 5.74) is 0. The number of allylic oxidation sites excluding steroid dienone is 2. The van der Waals surface area contributed by atoms with Crippen molar-refractivity contribution < 1.29 is 14.3 Å². The molecule has 2 aliphatic rings. The maximum atomic E-state index is 11.3. The highest BCUT2D eigenvalue weighted by Gasteiger charge is 2.35. The summed E-state index contributed by atoms with van der Waals surface area (Å²) in [6, 6.07) is 11.6. The molecule has 23 heavy (non-hydrogen) atoms. The number of carbonyl (C=O) groups excluding carboxylic acids is 1. The van der Waals surface area contributed by atoms with E-state index in [-0.39, 0.29) is 5.97 Å². The van der Waals surface area contributed by atoms with E-state index in [4.69, 9.17) is 9.47 Å². The molecular formula is C20H20O3. The van der Waals surface area contributed by atoms with Crippen LogP contribution in [-0.4, -0.2) is 12.6 Å². The predicted octanol–water partition coefficient (Wildman–Crippen LogP) is 4.36. The van der Waals surface area contributed by atoms with E-state index < -0.39 is 0 Å². The zero-order valence-corrected chi connectivity index (χ0v) is 13.2. The minimum absolute atomic E-state index is 0.308. The van der Waals surface area contributed by atoms with Crippen LogP contribution in [0.1, 0.15) is 19.8 Å². The van der Waals surface area contributed by atoms with Crippen LogP contribution in [0, 0.1) is 17.8 Å². The molecule has 1 saturated carbocycles. The van der Waals surface area contributed by atoms with E-state index in [2.05, 4.69) is 12.2 Å². The number of rotatable bonds is 4. The van der Waals surface area contributed by atoms with E-state index in [9.17, 15) is 4.79 Å². The van der Waals surface area contributed by atoms with Crippen molar-refractivity contribution >= 4 is 16.7 Å². The molecule has 2 bridgehead atoms. The maximum absolute atomic E-state index is 11.3. The lowest BCUT2D eigenvalue weighted by Gasteiger charge is -2.19. The minimum Gasteiger partial charge on any atom is -0.493 e. The quantitative estimate of drug-likeness (QED) is 0.478.